The normalized spacial score (nSPS) is 13.2. The maximum absolute atomic E-state index is 13.2. The van der Waals surface area contributed by atoms with Crippen molar-refractivity contribution in [3.63, 3.8) is 0 Å². The van der Waals surface area contributed by atoms with Gasteiger partial charge in [0.1, 0.15) is 0 Å². The minimum absolute atomic E-state index is 0.0974. The number of fused-ring (bicyclic) bond motifs is 1. The van der Waals surface area contributed by atoms with Gasteiger partial charge in [-0.05, 0) is 60.9 Å². The molecule has 2 heterocycles. The fraction of sp³-hybridized carbons (Fsp3) is 0.136. The van der Waals surface area contributed by atoms with Crippen LogP contribution in [0.4, 0.5) is 5.69 Å². The second-order valence-electron chi connectivity index (χ2n) is 6.98. The van der Waals surface area contributed by atoms with Gasteiger partial charge in [0.15, 0.2) is 0 Å². The number of para-hydroxylation sites is 1. The number of carbonyl (C=O) groups is 2. The van der Waals surface area contributed by atoms with Crippen LogP contribution in [0.5, 0.6) is 0 Å². The van der Waals surface area contributed by atoms with Gasteiger partial charge in [0.2, 0.25) is 0 Å². The summed E-state index contributed by atoms with van der Waals surface area (Å²) in [5, 5.41) is 0. The number of anilines is 1. The molecule has 0 fully saturated rings. The largest absolute Gasteiger partial charge is 0.271 e. The maximum atomic E-state index is 13.2. The first kappa shape index (κ1) is 20.5. The highest BCUT2D eigenvalue weighted by atomic mass is 32.2. The first-order valence-electron chi connectivity index (χ1n) is 9.68. The molecule has 0 radical (unpaired) electrons. The monoisotopic (exact) mass is 436 g/mol. The number of hydrogen-bond acceptors (Lipinski definition) is 5. The Bertz CT molecular complexity index is 1210. The predicted octanol–water partition coefficient (Wildman–Crippen LogP) is 2.30. The van der Waals surface area contributed by atoms with Gasteiger partial charge in [0.05, 0.1) is 16.1 Å². The number of nitrogens with zero attached hydrogens (tertiary/aromatic N) is 2. The van der Waals surface area contributed by atoms with Crippen molar-refractivity contribution in [2.24, 2.45) is 0 Å². The number of benzene rings is 2. The Kier molecular flexibility index (Phi) is 5.68. The van der Waals surface area contributed by atoms with Crippen LogP contribution in [-0.4, -0.2) is 31.8 Å². The van der Waals surface area contributed by atoms with E-state index in [1.54, 1.807) is 18.2 Å². The molecule has 0 bridgehead atoms. The van der Waals surface area contributed by atoms with E-state index in [4.69, 9.17) is 0 Å². The zero-order valence-electron chi connectivity index (χ0n) is 16.5. The quantitative estimate of drug-likeness (QED) is 0.610. The third kappa shape index (κ3) is 4.26. The molecule has 9 heteroatoms. The molecule has 158 valence electrons. The number of carbonyl (C=O) groups excluding carboxylic acids is 2. The van der Waals surface area contributed by atoms with Crippen LogP contribution in [0.15, 0.2) is 78.0 Å². The molecular formula is C22H20N4O4S. The van der Waals surface area contributed by atoms with E-state index in [-0.39, 0.29) is 10.5 Å². The molecule has 0 spiro atoms. The molecular weight excluding hydrogens is 416 g/mol. The fourth-order valence-electron chi connectivity index (χ4n) is 3.41. The molecule has 31 heavy (non-hydrogen) atoms. The van der Waals surface area contributed by atoms with Gasteiger partial charge in [-0.15, -0.1) is 0 Å². The zero-order valence-corrected chi connectivity index (χ0v) is 17.3. The smallest absolute Gasteiger partial charge is 0.267 e. The van der Waals surface area contributed by atoms with E-state index in [0.29, 0.717) is 17.8 Å². The number of hydrogen-bond donors (Lipinski definition) is 2. The van der Waals surface area contributed by atoms with Crippen molar-refractivity contribution in [1.29, 1.82) is 0 Å². The topological polar surface area (TPSA) is 108 Å². The summed E-state index contributed by atoms with van der Waals surface area (Å²) in [6.07, 6.45) is 4.49. The highest BCUT2D eigenvalue weighted by Crippen LogP contribution is 2.31. The first-order valence-corrected chi connectivity index (χ1v) is 11.1. The Morgan fingerprint density at radius 3 is 2.29 bits per heavy atom. The van der Waals surface area contributed by atoms with Gasteiger partial charge < -0.3 is 0 Å². The standard InChI is InChI=1S/C22H20N4O4S/c27-21(24-25-22(28)18-6-3-13-23-15-18)17-9-11-19(12-10-17)31(29,30)26-14-4-7-16-5-1-2-8-20(16)26/h1-3,5-6,8-13,15H,4,7,14H2,(H,24,27)(H,25,28). The second kappa shape index (κ2) is 8.57. The van der Waals surface area contributed by atoms with Crippen molar-refractivity contribution in [2.45, 2.75) is 17.7 Å². The first-order chi connectivity index (χ1) is 15.0. The molecule has 3 aromatic rings. The highest BCUT2D eigenvalue weighted by molar-refractivity contribution is 7.92. The third-order valence-electron chi connectivity index (χ3n) is 4.99. The van der Waals surface area contributed by atoms with Crippen LogP contribution in [0, 0.1) is 0 Å². The van der Waals surface area contributed by atoms with E-state index < -0.39 is 21.8 Å². The number of pyridine rings is 1. The summed E-state index contributed by atoms with van der Waals surface area (Å²) in [6.45, 7) is 0.405. The third-order valence-corrected chi connectivity index (χ3v) is 6.81. The minimum atomic E-state index is -3.75. The van der Waals surface area contributed by atoms with Gasteiger partial charge in [-0.1, -0.05) is 18.2 Å². The summed E-state index contributed by atoms with van der Waals surface area (Å²) in [6, 6.07) is 16.2. The zero-order chi connectivity index (χ0) is 21.8. The van der Waals surface area contributed by atoms with Crippen molar-refractivity contribution in [2.75, 3.05) is 10.8 Å². The van der Waals surface area contributed by atoms with E-state index in [0.717, 1.165) is 18.4 Å². The Balaban J connectivity index is 1.47. The molecule has 0 unspecified atom stereocenters. The van der Waals surface area contributed by atoms with Crippen LogP contribution in [0.1, 0.15) is 32.7 Å². The van der Waals surface area contributed by atoms with Gasteiger partial charge in [-0.3, -0.25) is 29.7 Å². The number of sulfonamides is 1. The van der Waals surface area contributed by atoms with Crippen LogP contribution in [-0.2, 0) is 16.4 Å². The van der Waals surface area contributed by atoms with Crippen LogP contribution in [0.25, 0.3) is 0 Å². The molecule has 2 amide bonds. The molecule has 8 nitrogen and oxygen atoms in total. The lowest BCUT2D eigenvalue weighted by atomic mass is 10.0. The van der Waals surface area contributed by atoms with E-state index in [2.05, 4.69) is 15.8 Å². The SMILES string of the molecule is O=C(NNC(=O)c1cccnc1)c1ccc(S(=O)(=O)N2CCCc3ccccc32)cc1. The molecule has 1 aliphatic heterocycles. The lowest BCUT2D eigenvalue weighted by Gasteiger charge is -2.30. The highest BCUT2D eigenvalue weighted by Gasteiger charge is 2.28. The molecule has 2 N–H and O–H groups in total. The summed E-state index contributed by atoms with van der Waals surface area (Å²) in [5.41, 5.74) is 6.80. The average Bonchev–Trinajstić information content (AvgIpc) is 2.82. The Morgan fingerprint density at radius 1 is 0.871 bits per heavy atom. The molecule has 1 aromatic heterocycles. The summed E-state index contributed by atoms with van der Waals surface area (Å²) in [7, 11) is -3.75. The fourth-order valence-corrected chi connectivity index (χ4v) is 4.95. The van der Waals surface area contributed by atoms with E-state index in [9.17, 15) is 18.0 Å². The summed E-state index contributed by atoms with van der Waals surface area (Å²) < 4.78 is 27.7. The number of aromatic nitrogens is 1. The minimum Gasteiger partial charge on any atom is -0.267 e. The summed E-state index contributed by atoms with van der Waals surface area (Å²) >= 11 is 0. The van der Waals surface area contributed by atoms with E-state index in [1.165, 1.54) is 41.0 Å². The summed E-state index contributed by atoms with van der Waals surface area (Å²) in [4.78, 5) is 28.2. The predicted molar refractivity (Wildman–Crippen MR) is 115 cm³/mol. The number of rotatable bonds is 4. The van der Waals surface area contributed by atoms with Gasteiger partial charge in [-0.25, -0.2) is 8.42 Å². The van der Waals surface area contributed by atoms with Gasteiger partial charge >= 0.3 is 0 Å². The van der Waals surface area contributed by atoms with E-state index in [1.807, 2.05) is 18.2 Å². The summed E-state index contributed by atoms with van der Waals surface area (Å²) in [5.74, 6) is -1.08. The Labute approximate surface area is 179 Å². The Hall–Kier alpha value is -3.72. The molecule has 1 aliphatic rings. The Morgan fingerprint density at radius 2 is 1.58 bits per heavy atom. The van der Waals surface area contributed by atoms with Crippen LogP contribution < -0.4 is 15.2 Å². The second-order valence-corrected chi connectivity index (χ2v) is 8.85. The van der Waals surface area contributed by atoms with Gasteiger partial charge in [0.25, 0.3) is 21.8 Å². The average molecular weight is 436 g/mol. The van der Waals surface area contributed by atoms with Crippen molar-refractivity contribution < 1.29 is 18.0 Å². The molecule has 0 atom stereocenters. The molecule has 0 aliphatic carbocycles. The van der Waals surface area contributed by atoms with Gasteiger partial charge in [-0.2, -0.15) is 0 Å². The molecule has 0 saturated carbocycles. The molecule has 2 aromatic carbocycles. The maximum Gasteiger partial charge on any atom is 0.271 e. The molecule has 4 rings (SSSR count). The van der Waals surface area contributed by atoms with Crippen LogP contribution in [0.3, 0.4) is 0 Å². The van der Waals surface area contributed by atoms with Crippen molar-refractivity contribution >= 4 is 27.5 Å². The van der Waals surface area contributed by atoms with Crippen molar-refractivity contribution in [3.05, 3.63) is 89.7 Å². The van der Waals surface area contributed by atoms with Crippen molar-refractivity contribution in [3.8, 4) is 0 Å². The molecule has 0 saturated heterocycles. The number of aryl methyl sites for hydroxylation is 1. The lowest BCUT2D eigenvalue weighted by Crippen LogP contribution is -2.41. The number of amides is 2. The van der Waals surface area contributed by atoms with Crippen LogP contribution >= 0.6 is 0 Å². The van der Waals surface area contributed by atoms with Crippen molar-refractivity contribution in [1.82, 2.24) is 15.8 Å². The number of nitrogens with one attached hydrogen (secondary N) is 2. The van der Waals surface area contributed by atoms with E-state index >= 15 is 0 Å². The lowest BCUT2D eigenvalue weighted by molar-refractivity contribution is 0.0846. The number of hydrazine groups is 1. The van der Waals surface area contributed by atoms with Crippen LogP contribution in [0.2, 0.25) is 0 Å². The van der Waals surface area contributed by atoms with Gasteiger partial charge in [0, 0.05) is 24.5 Å².